The number of benzene rings is 1. The Labute approximate surface area is 169 Å². The fourth-order valence-corrected chi connectivity index (χ4v) is 3.00. The number of hydrogen-bond acceptors (Lipinski definition) is 4. The highest BCUT2D eigenvalue weighted by Crippen LogP contribution is 2.16. The van der Waals surface area contributed by atoms with Gasteiger partial charge in [0.15, 0.2) is 11.5 Å². The molecule has 0 saturated heterocycles. The second-order valence-corrected chi connectivity index (χ2v) is 6.79. The molecule has 29 heavy (non-hydrogen) atoms. The van der Waals surface area contributed by atoms with Crippen molar-refractivity contribution in [2.24, 2.45) is 0 Å². The summed E-state index contributed by atoms with van der Waals surface area (Å²) in [6, 6.07) is 11.9. The van der Waals surface area contributed by atoms with E-state index < -0.39 is 5.91 Å². The van der Waals surface area contributed by atoms with Crippen LogP contribution < -0.4 is 10.6 Å². The predicted molar refractivity (Wildman–Crippen MR) is 111 cm³/mol. The Morgan fingerprint density at radius 3 is 2.45 bits per heavy atom. The maximum absolute atomic E-state index is 12.8. The van der Waals surface area contributed by atoms with E-state index in [9.17, 15) is 14.4 Å². The van der Waals surface area contributed by atoms with Gasteiger partial charge >= 0.3 is 0 Å². The molecule has 0 radical (unpaired) electrons. The number of fused-ring (bicyclic) bond motifs is 1. The Bertz CT molecular complexity index is 1040. The van der Waals surface area contributed by atoms with Crippen LogP contribution in [-0.2, 0) is 0 Å². The van der Waals surface area contributed by atoms with Crippen LogP contribution in [0.3, 0.4) is 0 Å². The highest BCUT2D eigenvalue weighted by atomic mass is 16.2. The molecular formula is C22H24N4O3. The normalized spacial score (nSPS) is 10.7. The van der Waals surface area contributed by atoms with Crippen LogP contribution in [0.1, 0.15) is 64.6 Å². The average molecular weight is 392 g/mol. The third kappa shape index (κ3) is 4.68. The van der Waals surface area contributed by atoms with Gasteiger partial charge in [0.2, 0.25) is 5.82 Å². The molecule has 0 spiro atoms. The molecule has 2 amide bonds. The third-order valence-electron chi connectivity index (χ3n) is 4.58. The minimum Gasteiger partial charge on any atom is -0.351 e. The lowest BCUT2D eigenvalue weighted by atomic mass is 10.1. The first kappa shape index (κ1) is 20.3. The zero-order valence-electron chi connectivity index (χ0n) is 16.6. The molecule has 2 N–H and O–H groups in total. The molecule has 150 valence electrons. The summed E-state index contributed by atoms with van der Waals surface area (Å²) in [4.78, 5) is 41.1. The summed E-state index contributed by atoms with van der Waals surface area (Å²) in [5, 5.41) is 5.63. The Morgan fingerprint density at radius 1 is 1.00 bits per heavy atom. The standard InChI is InChI=1S/C22H24N4O3/c1-3-4-6-13-23-21(28)19-18-8-5-7-14-26(18)20(25-19)22(29)24-17-11-9-16(10-12-17)15(2)27/h5,7-12,14H,3-4,6,13H2,1-2H3,(H,23,28)(H,24,29). The van der Waals surface area contributed by atoms with Gasteiger partial charge in [-0.2, -0.15) is 0 Å². The molecule has 3 rings (SSSR count). The summed E-state index contributed by atoms with van der Waals surface area (Å²) in [7, 11) is 0. The summed E-state index contributed by atoms with van der Waals surface area (Å²) in [6.07, 6.45) is 4.71. The number of aromatic nitrogens is 2. The van der Waals surface area contributed by atoms with Crippen molar-refractivity contribution in [3.63, 3.8) is 0 Å². The topological polar surface area (TPSA) is 92.6 Å². The lowest BCUT2D eigenvalue weighted by Crippen LogP contribution is -2.25. The van der Waals surface area contributed by atoms with Gasteiger partial charge in [0.05, 0.1) is 5.52 Å². The van der Waals surface area contributed by atoms with Crippen LogP contribution in [0, 0.1) is 0 Å². The van der Waals surface area contributed by atoms with Crippen LogP contribution in [-0.4, -0.2) is 33.5 Å². The lowest BCUT2D eigenvalue weighted by molar-refractivity contribution is 0.0949. The van der Waals surface area contributed by atoms with Crippen LogP contribution in [0.4, 0.5) is 5.69 Å². The average Bonchev–Trinajstić information content (AvgIpc) is 3.11. The molecule has 7 nitrogen and oxygen atoms in total. The van der Waals surface area contributed by atoms with Gasteiger partial charge < -0.3 is 10.6 Å². The molecule has 0 atom stereocenters. The SMILES string of the molecule is CCCCCNC(=O)c1nc(C(=O)Nc2ccc(C(C)=O)cc2)n2ccccc12. The molecule has 0 aliphatic carbocycles. The number of carbonyl (C=O) groups is 3. The summed E-state index contributed by atoms with van der Waals surface area (Å²) < 4.78 is 1.60. The van der Waals surface area contributed by atoms with Crippen molar-refractivity contribution in [1.82, 2.24) is 14.7 Å². The van der Waals surface area contributed by atoms with Gasteiger partial charge in [-0.1, -0.05) is 25.8 Å². The number of Topliss-reactive ketones (excluding diaryl/α,β-unsaturated/α-hetero) is 1. The molecule has 0 saturated carbocycles. The Kier molecular flexibility index (Phi) is 6.39. The first-order valence-corrected chi connectivity index (χ1v) is 9.69. The number of anilines is 1. The van der Waals surface area contributed by atoms with E-state index in [1.807, 2.05) is 0 Å². The quantitative estimate of drug-likeness (QED) is 0.451. The molecule has 0 aliphatic heterocycles. The van der Waals surface area contributed by atoms with Crippen LogP contribution in [0.2, 0.25) is 0 Å². The van der Waals surface area contributed by atoms with Gasteiger partial charge in [-0.3, -0.25) is 18.8 Å². The largest absolute Gasteiger partial charge is 0.351 e. The molecule has 1 aromatic carbocycles. The number of imidazole rings is 1. The number of ketones is 1. The number of unbranched alkanes of at least 4 members (excludes halogenated alkanes) is 2. The minimum atomic E-state index is -0.438. The molecule has 7 heteroatoms. The Balaban J connectivity index is 1.82. The van der Waals surface area contributed by atoms with E-state index in [4.69, 9.17) is 0 Å². The van der Waals surface area contributed by atoms with Gasteiger partial charge in [0.25, 0.3) is 11.8 Å². The summed E-state index contributed by atoms with van der Waals surface area (Å²) in [6.45, 7) is 4.16. The molecule has 0 bridgehead atoms. The van der Waals surface area contributed by atoms with Gasteiger partial charge in [-0.05, 0) is 49.7 Å². The van der Waals surface area contributed by atoms with Gasteiger partial charge in [-0.15, -0.1) is 0 Å². The second kappa shape index (κ2) is 9.14. The molecule has 3 aromatic rings. The van der Waals surface area contributed by atoms with Crippen molar-refractivity contribution in [3.8, 4) is 0 Å². The Hall–Kier alpha value is -3.48. The van der Waals surface area contributed by atoms with Crippen LogP contribution in [0.5, 0.6) is 0 Å². The number of nitrogens with zero attached hydrogens (tertiary/aromatic N) is 2. The summed E-state index contributed by atoms with van der Waals surface area (Å²) in [5.74, 6) is -0.659. The molecule has 0 unspecified atom stereocenters. The number of pyridine rings is 1. The van der Waals surface area contributed by atoms with Crippen molar-refractivity contribution in [1.29, 1.82) is 0 Å². The van der Waals surface area contributed by atoms with Crippen LogP contribution in [0.15, 0.2) is 48.7 Å². The molecule has 2 aromatic heterocycles. The lowest BCUT2D eigenvalue weighted by Gasteiger charge is -2.05. The van der Waals surface area contributed by atoms with Crippen molar-refractivity contribution in [2.45, 2.75) is 33.1 Å². The smallest absolute Gasteiger partial charge is 0.292 e. The number of carbonyl (C=O) groups excluding carboxylic acids is 3. The van der Waals surface area contributed by atoms with E-state index in [1.165, 1.54) is 6.92 Å². The summed E-state index contributed by atoms with van der Waals surface area (Å²) in [5.41, 5.74) is 1.89. The maximum atomic E-state index is 12.8. The van der Waals surface area contributed by atoms with Crippen molar-refractivity contribution < 1.29 is 14.4 Å². The minimum absolute atomic E-state index is 0.0447. The molecule has 0 fully saturated rings. The molecule has 2 heterocycles. The van der Waals surface area contributed by atoms with Gasteiger partial charge in [-0.25, -0.2) is 4.98 Å². The van der Waals surface area contributed by atoms with E-state index >= 15 is 0 Å². The van der Waals surface area contributed by atoms with Crippen molar-refractivity contribution in [2.75, 3.05) is 11.9 Å². The zero-order valence-corrected chi connectivity index (χ0v) is 16.6. The monoisotopic (exact) mass is 392 g/mol. The predicted octanol–water partition coefficient (Wildman–Crippen LogP) is 3.71. The third-order valence-corrected chi connectivity index (χ3v) is 4.58. The number of amides is 2. The zero-order chi connectivity index (χ0) is 20.8. The Morgan fingerprint density at radius 2 is 1.76 bits per heavy atom. The first-order valence-electron chi connectivity index (χ1n) is 9.69. The van der Waals surface area contributed by atoms with E-state index in [2.05, 4.69) is 22.5 Å². The highest BCUT2D eigenvalue weighted by molar-refractivity contribution is 6.06. The van der Waals surface area contributed by atoms with Crippen LogP contribution >= 0.6 is 0 Å². The number of hydrogen-bond donors (Lipinski definition) is 2. The molecule has 0 aliphatic rings. The number of nitrogens with one attached hydrogen (secondary N) is 2. The van der Waals surface area contributed by atoms with E-state index in [0.29, 0.717) is 23.3 Å². The van der Waals surface area contributed by atoms with E-state index in [-0.39, 0.29) is 23.2 Å². The van der Waals surface area contributed by atoms with E-state index in [1.54, 1.807) is 53.1 Å². The van der Waals surface area contributed by atoms with Crippen LogP contribution in [0.25, 0.3) is 5.52 Å². The van der Waals surface area contributed by atoms with Gasteiger partial charge in [0, 0.05) is 24.0 Å². The maximum Gasteiger partial charge on any atom is 0.292 e. The first-order chi connectivity index (χ1) is 14.0. The van der Waals surface area contributed by atoms with Crippen molar-refractivity contribution in [3.05, 3.63) is 65.7 Å². The fourth-order valence-electron chi connectivity index (χ4n) is 3.00. The summed E-state index contributed by atoms with van der Waals surface area (Å²) >= 11 is 0. The second-order valence-electron chi connectivity index (χ2n) is 6.79. The van der Waals surface area contributed by atoms with Crippen molar-refractivity contribution >= 4 is 28.8 Å². The highest BCUT2D eigenvalue weighted by Gasteiger charge is 2.21. The fraction of sp³-hybridized carbons (Fsp3) is 0.273. The molecular weight excluding hydrogens is 368 g/mol. The van der Waals surface area contributed by atoms with Gasteiger partial charge in [0.1, 0.15) is 0 Å². The number of rotatable bonds is 8. The van der Waals surface area contributed by atoms with E-state index in [0.717, 1.165) is 19.3 Å².